The number of carbonyl (C=O) groups excluding carboxylic acids is 1. The second-order valence-corrected chi connectivity index (χ2v) is 5.54. The molecule has 3 aromatic rings. The average molecular weight is 370 g/mol. The topological polar surface area (TPSA) is 99.7 Å². The van der Waals surface area contributed by atoms with Crippen LogP contribution in [0, 0.1) is 0 Å². The van der Waals surface area contributed by atoms with E-state index in [0.29, 0.717) is 33.9 Å². The molecule has 0 aliphatic carbocycles. The first-order valence-electron chi connectivity index (χ1n) is 7.95. The smallest absolute Gasteiger partial charge is 0.259 e. The van der Waals surface area contributed by atoms with Crippen LogP contribution in [0.15, 0.2) is 35.1 Å². The summed E-state index contributed by atoms with van der Waals surface area (Å²) in [7, 11) is 5.88. The average Bonchev–Trinajstić information content (AvgIpc) is 2.71. The molecule has 8 nitrogen and oxygen atoms in total. The van der Waals surface area contributed by atoms with Crippen molar-refractivity contribution in [1.82, 2.24) is 9.97 Å². The molecule has 0 radical (unpaired) electrons. The fraction of sp³-hybridized carbons (Fsp3) is 0.211. The van der Waals surface area contributed by atoms with Crippen molar-refractivity contribution in [3.63, 3.8) is 0 Å². The van der Waals surface area contributed by atoms with Crippen LogP contribution in [0.1, 0.15) is 16.2 Å². The number of aromatic amines is 1. The minimum Gasteiger partial charge on any atom is -0.497 e. The molecule has 0 amide bonds. The summed E-state index contributed by atoms with van der Waals surface area (Å²) in [6.45, 7) is 0. The Kier molecular flexibility index (Phi) is 4.98. The highest BCUT2D eigenvalue weighted by Gasteiger charge is 2.20. The number of aromatic nitrogens is 2. The maximum absolute atomic E-state index is 12.9. The van der Waals surface area contributed by atoms with Gasteiger partial charge in [-0.25, -0.2) is 4.98 Å². The molecule has 0 atom stereocenters. The van der Waals surface area contributed by atoms with E-state index < -0.39 is 11.3 Å². The first-order valence-corrected chi connectivity index (χ1v) is 7.95. The minimum atomic E-state index is -0.490. The summed E-state index contributed by atoms with van der Waals surface area (Å²) in [5, 5.41) is 0.359. The van der Waals surface area contributed by atoms with Gasteiger partial charge in [0.15, 0.2) is 17.3 Å². The predicted octanol–water partition coefficient (Wildman–Crippen LogP) is 2.19. The molecule has 0 saturated carbocycles. The number of ketones is 1. The van der Waals surface area contributed by atoms with Gasteiger partial charge in [0.05, 0.1) is 39.3 Å². The van der Waals surface area contributed by atoms with Gasteiger partial charge >= 0.3 is 0 Å². The molecule has 0 unspecified atom stereocenters. The van der Waals surface area contributed by atoms with Gasteiger partial charge in [-0.15, -0.1) is 0 Å². The number of nitrogens with one attached hydrogen (secondary N) is 1. The van der Waals surface area contributed by atoms with Crippen LogP contribution in [-0.2, 0) is 0 Å². The third-order valence-corrected chi connectivity index (χ3v) is 4.06. The van der Waals surface area contributed by atoms with E-state index >= 15 is 0 Å². The number of methoxy groups -OCH3 is 4. The number of hydrogen-bond acceptors (Lipinski definition) is 7. The van der Waals surface area contributed by atoms with Gasteiger partial charge in [-0.1, -0.05) is 0 Å². The number of hydrogen-bond donors (Lipinski definition) is 1. The van der Waals surface area contributed by atoms with Crippen molar-refractivity contribution in [3.8, 4) is 23.0 Å². The van der Waals surface area contributed by atoms with Gasteiger partial charge in [0.25, 0.3) is 5.56 Å². The fourth-order valence-electron chi connectivity index (χ4n) is 2.70. The first kappa shape index (κ1) is 18.2. The number of benzene rings is 2. The van der Waals surface area contributed by atoms with Crippen molar-refractivity contribution in [2.75, 3.05) is 28.4 Å². The Hall–Kier alpha value is -3.55. The molecule has 2 aromatic carbocycles. The van der Waals surface area contributed by atoms with Gasteiger partial charge in [-0.2, -0.15) is 0 Å². The van der Waals surface area contributed by atoms with Crippen molar-refractivity contribution < 1.29 is 23.7 Å². The molecule has 8 heteroatoms. The molecule has 0 aliphatic heterocycles. The van der Waals surface area contributed by atoms with E-state index in [-0.39, 0.29) is 11.4 Å². The van der Waals surface area contributed by atoms with E-state index in [9.17, 15) is 9.59 Å². The summed E-state index contributed by atoms with van der Waals surface area (Å²) in [6.07, 6.45) is 0. The van der Waals surface area contributed by atoms with E-state index in [1.54, 1.807) is 18.2 Å². The SMILES string of the molecule is COc1ccc2c(=O)[nH]c(C(=O)c3cc(OC)c(OC)c(OC)c3)nc2c1. The lowest BCUT2D eigenvalue weighted by molar-refractivity contribution is 0.102. The zero-order valence-corrected chi connectivity index (χ0v) is 15.3. The summed E-state index contributed by atoms with van der Waals surface area (Å²) in [4.78, 5) is 32.0. The number of rotatable bonds is 6. The molecule has 0 spiro atoms. The monoisotopic (exact) mass is 370 g/mol. The fourth-order valence-corrected chi connectivity index (χ4v) is 2.70. The van der Waals surface area contributed by atoms with Gasteiger partial charge in [0, 0.05) is 11.6 Å². The molecule has 0 saturated heterocycles. The van der Waals surface area contributed by atoms with Gasteiger partial charge in [-0.05, 0) is 24.3 Å². The molecule has 0 fully saturated rings. The van der Waals surface area contributed by atoms with Crippen LogP contribution in [-0.4, -0.2) is 44.2 Å². The molecule has 1 heterocycles. The van der Waals surface area contributed by atoms with E-state index in [1.165, 1.54) is 40.6 Å². The second kappa shape index (κ2) is 7.36. The quantitative estimate of drug-likeness (QED) is 0.664. The molecule has 0 bridgehead atoms. The van der Waals surface area contributed by atoms with Crippen molar-refractivity contribution >= 4 is 16.7 Å². The molecular formula is C19H18N2O6. The standard InChI is InChI=1S/C19H18N2O6/c1-24-11-5-6-12-13(9-11)20-18(21-19(12)23)16(22)10-7-14(25-2)17(27-4)15(8-10)26-3/h5-9H,1-4H3,(H,20,21,23). The van der Waals surface area contributed by atoms with Gasteiger partial charge < -0.3 is 23.9 Å². The zero-order valence-electron chi connectivity index (χ0n) is 15.3. The number of nitrogens with zero attached hydrogens (tertiary/aromatic N) is 1. The van der Waals surface area contributed by atoms with Gasteiger partial charge in [0.1, 0.15) is 5.75 Å². The van der Waals surface area contributed by atoms with E-state index in [0.717, 1.165) is 0 Å². The van der Waals surface area contributed by atoms with Crippen LogP contribution in [0.5, 0.6) is 23.0 Å². The largest absolute Gasteiger partial charge is 0.497 e. The van der Waals surface area contributed by atoms with E-state index in [1.807, 2.05) is 0 Å². The van der Waals surface area contributed by atoms with Crippen LogP contribution in [0.25, 0.3) is 10.9 Å². The Morgan fingerprint density at radius 1 is 0.926 bits per heavy atom. The Morgan fingerprint density at radius 2 is 1.59 bits per heavy atom. The maximum atomic E-state index is 12.9. The van der Waals surface area contributed by atoms with E-state index in [2.05, 4.69) is 9.97 Å². The maximum Gasteiger partial charge on any atom is 0.259 e. The van der Waals surface area contributed by atoms with Crippen LogP contribution in [0.3, 0.4) is 0 Å². The lowest BCUT2D eigenvalue weighted by atomic mass is 10.1. The highest BCUT2D eigenvalue weighted by molar-refractivity contribution is 6.08. The normalized spacial score (nSPS) is 10.5. The highest BCUT2D eigenvalue weighted by Crippen LogP contribution is 2.38. The number of H-pyrrole nitrogens is 1. The Labute approximate surface area is 154 Å². The molecular weight excluding hydrogens is 352 g/mol. The third kappa shape index (κ3) is 3.29. The first-order chi connectivity index (χ1) is 13.0. The Morgan fingerprint density at radius 3 is 2.15 bits per heavy atom. The minimum absolute atomic E-state index is 0.102. The lowest BCUT2D eigenvalue weighted by Gasteiger charge is -2.13. The molecule has 140 valence electrons. The summed E-state index contributed by atoms with van der Waals surface area (Å²) < 4.78 is 20.9. The zero-order chi connectivity index (χ0) is 19.6. The van der Waals surface area contributed by atoms with Crippen LogP contribution < -0.4 is 24.5 Å². The lowest BCUT2D eigenvalue weighted by Crippen LogP contribution is -2.17. The van der Waals surface area contributed by atoms with Crippen molar-refractivity contribution in [2.24, 2.45) is 0 Å². The van der Waals surface area contributed by atoms with Gasteiger partial charge in [0.2, 0.25) is 11.5 Å². The second-order valence-electron chi connectivity index (χ2n) is 5.54. The molecule has 27 heavy (non-hydrogen) atoms. The molecule has 1 aromatic heterocycles. The molecule has 3 rings (SSSR count). The van der Waals surface area contributed by atoms with Crippen LogP contribution in [0.4, 0.5) is 0 Å². The predicted molar refractivity (Wildman–Crippen MR) is 98.4 cm³/mol. The van der Waals surface area contributed by atoms with Crippen molar-refractivity contribution in [2.45, 2.75) is 0 Å². The molecule has 1 N–H and O–H groups in total. The molecule has 0 aliphatic rings. The summed E-state index contributed by atoms with van der Waals surface area (Å²) in [5.41, 5.74) is 0.169. The summed E-state index contributed by atoms with van der Waals surface area (Å²) in [6, 6.07) is 7.84. The van der Waals surface area contributed by atoms with Crippen LogP contribution >= 0.6 is 0 Å². The van der Waals surface area contributed by atoms with Gasteiger partial charge in [-0.3, -0.25) is 9.59 Å². The summed E-state index contributed by atoms with van der Waals surface area (Å²) in [5.74, 6) is 0.953. The van der Waals surface area contributed by atoms with E-state index in [4.69, 9.17) is 18.9 Å². The number of fused-ring (bicyclic) bond motifs is 1. The summed E-state index contributed by atoms with van der Waals surface area (Å²) >= 11 is 0. The third-order valence-electron chi connectivity index (χ3n) is 4.06. The van der Waals surface area contributed by atoms with Crippen molar-refractivity contribution in [3.05, 3.63) is 52.1 Å². The highest BCUT2D eigenvalue weighted by atomic mass is 16.5. The number of carbonyl (C=O) groups is 1. The van der Waals surface area contributed by atoms with Crippen LogP contribution in [0.2, 0.25) is 0 Å². The number of ether oxygens (including phenoxy) is 4. The van der Waals surface area contributed by atoms with Crippen molar-refractivity contribution in [1.29, 1.82) is 0 Å². The Balaban J connectivity index is 2.14. The Bertz CT molecular complexity index is 1050.